The monoisotopic (exact) mass is 285 g/mol. The van der Waals surface area contributed by atoms with Gasteiger partial charge in [0.1, 0.15) is 6.54 Å². The number of nitrogens with two attached hydrogens (primary N) is 1. The predicted octanol–water partition coefficient (Wildman–Crippen LogP) is -1.27. The number of carbonyl (C=O) groups is 1. The topological polar surface area (TPSA) is 111 Å². The van der Waals surface area contributed by atoms with Crippen molar-refractivity contribution in [1.29, 1.82) is 0 Å². The van der Waals surface area contributed by atoms with Crippen molar-refractivity contribution in [2.75, 3.05) is 17.2 Å². The van der Waals surface area contributed by atoms with E-state index in [4.69, 9.17) is 5.73 Å². The number of sulfone groups is 1. The molecule has 0 aliphatic carbocycles. The van der Waals surface area contributed by atoms with Crippen molar-refractivity contribution in [3.63, 3.8) is 0 Å². The Morgan fingerprint density at radius 3 is 2.84 bits per heavy atom. The van der Waals surface area contributed by atoms with Crippen molar-refractivity contribution in [2.24, 2.45) is 0 Å². The van der Waals surface area contributed by atoms with Gasteiger partial charge in [-0.05, 0) is 12.5 Å². The fraction of sp³-hybridized carbons (Fsp3) is 0.455. The summed E-state index contributed by atoms with van der Waals surface area (Å²) in [5.74, 6) is -0.337. The minimum atomic E-state index is -3.03. The van der Waals surface area contributed by atoms with Crippen molar-refractivity contribution in [3.05, 3.63) is 28.7 Å². The Bertz CT molecular complexity index is 650. The molecule has 0 aromatic carbocycles. The van der Waals surface area contributed by atoms with Gasteiger partial charge in [-0.2, -0.15) is 0 Å². The Labute approximate surface area is 110 Å². The van der Waals surface area contributed by atoms with Gasteiger partial charge in [0, 0.05) is 24.0 Å². The Morgan fingerprint density at radius 2 is 2.21 bits per heavy atom. The zero-order chi connectivity index (χ0) is 14.0. The van der Waals surface area contributed by atoms with Gasteiger partial charge in [-0.25, -0.2) is 8.42 Å². The van der Waals surface area contributed by atoms with Crippen LogP contribution in [0.25, 0.3) is 0 Å². The van der Waals surface area contributed by atoms with Gasteiger partial charge >= 0.3 is 0 Å². The molecule has 8 heteroatoms. The lowest BCUT2D eigenvalue weighted by atomic mass is 10.2. The van der Waals surface area contributed by atoms with E-state index in [1.54, 1.807) is 0 Å². The molecule has 1 amide bonds. The van der Waals surface area contributed by atoms with Gasteiger partial charge in [-0.3, -0.25) is 9.59 Å². The quantitative estimate of drug-likeness (QED) is 0.719. The molecule has 1 aromatic rings. The third kappa shape index (κ3) is 3.57. The van der Waals surface area contributed by atoms with Crippen LogP contribution in [0.5, 0.6) is 0 Å². The molecule has 2 heterocycles. The van der Waals surface area contributed by atoms with Gasteiger partial charge in [0.05, 0.1) is 11.5 Å². The standard InChI is InChI=1S/C11H15N3O4S/c12-8-1-2-11(16)14(5-8)6-10(15)13-9-3-4-19(17,18)7-9/h1-2,5,9H,3-4,6-7,12H2,(H,13,15). The molecule has 0 radical (unpaired) electrons. The van der Waals surface area contributed by atoms with Crippen LogP contribution in [0.1, 0.15) is 6.42 Å². The largest absolute Gasteiger partial charge is 0.398 e. The van der Waals surface area contributed by atoms with Gasteiger partial charge in [-0.15, -0.1) is 0 Å². The third-order valence-electron chi connectivity index (χ3n) is 2.92. The van der Waals surface area contributed by atoms with E-state index in [0.717, 1.165) is 0 Å². The van der Waals surface area contributed by atoms with Gasteiger partial charge in [0.2, 0.25) is 5.91 Å². The summed E-state index contributed by atoms with van der Waals surface area (Å²) in [5, 5.41) is 2.61. The Kier molecular flexibility index (Phi) is 3.61. The van der Waals surface area contributed by atoms with Crippen molar-refractivity contribution in [2.45, 2.75) is 19.0 Å². The summed E-state index contributed by atoms with van der Waals surface area (Å²) >= 11 is 0. The number of nitrogen functional groups attached to an aromatic ring is 1. The van der Waals surface area contributed by atoms with Gasteiger partial charge < -0.3 is 15.6 Å². The van der Waals surface area contributed by atoms with Gasteiger partial charge in [-0.1, -0.05) is 0 Å². The van der Waals surface area contributed by atoms with Crippen LogP contribution in [-0.2, 0) is 21.2 Å². The molecule has 1 atom stereocenters. The number of carbonyl (C=O) groups excluding carboxylic acids is 1. The molecule has 1 saturated heterocycles. The van der Waals surface area contributed by atoms with Crippen LogP contribution in [0, 0.1) is 0 Å². The molecule has 104 valence electrons. The lowest BCUT2D eigenvalue weighted by Crippen LogP contribution is -2.39. The molecule has 1 aromatic heterocycles. The highest BCUT2D eigenvalue weighted by Crippen LogP contribution is 2.11. The van der Waals surface area contributed by atoms with Gasteiger partial charge in [0.25, 0.3) is 5.56 Å². The minimum Gasteiger partial charge on any atom is -0.398 e. The van der Waals surface area contributed by atoms with E-state index < -0.39 is 15.7 Å². The predicted molar refractivity (Wildman–Crippen MR) is 70.3 cm³/mol. The van der Waals surface area contributed by atoms with E-state index in [0.29, 0.717) is 12.1 Å². The van der Waals surface area contributed by atoms with E-state index >= 15 is 0 Å². The van der Waals surface area contributed by atoms with Crippen LogP contribution in [-0.4, -0.2) is 36.4 Å². The summed E-state index contributed by atoms with van der Waals surface area (Å²) in [6.07, 6.45) is 1.80. The molecular weight excluding hydrogens is 270 g/mol. The number of hydrogen-bond donors (Lipinski definition) is 2. The molecule has 1 unspecified atom stereocenters. The molecule has 0 bridgehead atoms. The molecule has 0 saturated carbocycles. The number of amides is 1. The Hall–Kier alpha value is -1.83. The van der Waals surface area contributed by atoms with Crippen molar-refractivity contribution in [1.82, 2.24) is 9.88 Å². The summed E-state index contributed by atoms with van der Waals surface area (Å²) in [4.78, 5) is 23.2. The number of nitrogens with one attached hydrogen (secondary N) is 1. The SMILES string of the molecule is Nc1ccc(=O)n(CC(=O)NC2CCS(=O)(=O)C2)c1. The second-order valence-corrected chi connectivity index (χ2v) is 6.82. The normalized spacial score (nSPS) is 21.2. The first-order chi connectivity index (χ1) is 8.85. The molecule has 7 nitrogen and oxygen atoms in total. The van der Waals surface area contributed by atoms with E-state index in [1.807, 2.05) is 0 Å². The molecule has 1 fully saturated rings. The molecule has 0 spiro atoms. The maximum absolute atomic E-state index is 11.7. The van der Waals surface area contributed by atoms with Crippen LogP contribution in [0.4, 0.5) is 5.69 Å². The highest BCUT2D eigenvalue weighted by Gasteiger charge is 2.28. The Balaban J connectivity index is 1.99. The highest BCUT2D eigenvalue weighted by atomic mass is 32.2. The minimum absolute atomic E-state index is 0.0371. The first kappa shape index (κ1) is 13.6. The molecule has 2 rings (SSSR count). The fourth-order valence-electron chi connectivity index (χ4n) is 2.01. The van der Waals surface area contributed by atoms with Crippen LogP contribution < -0.4 is 16.6 Å². The lowest BCUT2D eigenvalue weighted by Gasteiger charge is -2.12. The lowest BCUT2D eigenvalue weighted by molar-refractivity contribution is -0.122. The average Bonchev–Trinajstić information content (AvgIpc) is 2.63. The Morgan fingerprint density at radius 1 is 1.47 bits per heavy atom. The van der Waals surface area contributed by atoms with Crippen molar-refractivity contribution in [3.8, 4) is 0 Å². The average molecular weight is 285 g/mol. The van der Waals surface area contributed by atoms with Crippen molar-refractivity contribution < 1.29 is 13.2 Å². The summed E-state index contributed by atoms with van der Waals surface area (Å²) in [7, 11) is -3.03. The highest BCUT2D eigenvalue weighted by molar-refractivity contribution is 7.91. The zero-order valence-corrected chi connectivity index (χ0v) is 11.0. The summed E-state index contributed by atoms with van der Waals surface area (Å²) in [6.45, 7) is -0.166. The van der Waals surface area contributed by atoms with E-state index in [2.05, 4.69) is 5.32 Å². The van der Waals surface area contributed by atoms with Crippen LogP contribution in [0.2, 0.25) is 0 Å². The smallest absolute Gasteiger partial charge is 0.251 e. The fourth-order valence-corrected chi connectivity index (χ4v) is 3.68. The van der Waals surface area contributed by atoms with E-state index in [9.17, 15) is 18.0 Å². The number of hydrogen-bond acceptors (Lipinski definition) is 5. The van der Waals surface area contributed by atoms with Gasteiger partial charge in [0.15, 0.2) is 9.84 Å². The molecule has 1 aliphatic rings. The van der Waals surface area contributed by atoms with E-state index in [-0.39, 0.29) is 29.7 Å². The second kappa shape index (κ2) is 5.04. The summed E-state index contributed by atoms with van der Waals surface area (Å²) in [6, 6.07) is 2.37. The maximum Gasteiger partial charge on any atom is 0.251 e. The molecule has 3 N–H and O–H groups in total. The molecule has 19 heavy (non-hydrogen) atoms. The number of nitrogens with zero attached hydrogens (tertiary/aromatic N) is 1. The first-order valence-corrected chi connectivity index (χ1v) is 7.64. The summed E-state index contributed by atoms with van der Waals surface area (Å²) < 4.78 is 23.7. The molecular formula is C11H15N3O4S. The summed E-state index contributed by atoms with van der Waals surface area (Å²) in [5.41, 5.74) is 5.59. The number of rotatable bonds is 3. The second-order valence-electron chi connectivity index (χ2n) is 4.60. The van der Waals surface area contributed by atoms with Crippen LogP contribution >= 0.6 is 0 Å². The number of aromatic nitrogens is 1. The van der Waals surface area contributed by atoms with E-state index in [1.165, 1.54) is 22.9 Å². The first-order valence-electron chi connectivity index (χ1n) is 5.81. The van der Waals surface area contributed by atoms with Crippen LogP contribution in [0.3, 0.4) is 0 Å². The number of pyridine rings is 1. The maximum atomic E-state index is 11.7. The van der Waals surface area contributed by atoms with Crippen LogP contribution in [0.15, 0.2) is 23.1 Å². The third-order valence-corrected chi connectivity index (χ3v) is 4.69. The van der Waals surface area contributed by atoms with Crippen molar-refractivity contribution >= 4 is 21.4 Å². The number of anilines is 1. The zero-order valence-electron chi connectivity index (χ0n) is 10.2. The molecule has 1 aliphatic heterocycles.